The molecule has 146 valence electrons. The first-order chi connectivity index (χ1) is 14.1. The first-order valence-corrected chi connectivity index (χ1v) is 8.86. The van der Waals surface area contributed by atoms with Crippen LogP contribution < -0.4 is 14.8 Å². The number of pyridine rings is 1. The Kier molecular flexibility index (Phi) is 6.37. The van der Waals surface area contributed by atoms with Gasteiger partial charge in [-0.15, -0.1) is 0 Å². The van der Waals surface area contributed by atoms with E-state index in [0.717, 1.165) is 0 Å². The number of amides is 1. The molecule has 0 saturated heterocycles. The van der Waals surface area contributed by atoms with Crippen LogP contribution >= 0.6 is 0 Å². The second-order valence-corrected chi connectivity index (χ2v) is 6.09. The lowest BCUT2D eigenvalue weighted by molar-refractivity contribution is -0.112. The van der Waals surface area contributed by atoms with E-state index in [0.29, 0.717) is 28.3 Å². The zero-order valence-electron chi connectivity index (χ0n) is 16.1. The number of benzene rings is 2. The number of nitrogens with zero attached hydrogens (tertiary/aromatic N) is 1. The highest BCUT2D eigenvalue weighted by Crippen LogP contribution is 2.21. The van der Waals surface area contributed by atoms with Crippen molar-refractivity contribution in [3.63, 3.8) is 0 Å². The van der Waals surface area contributed by atoms with Gasteiger partial charge < -0.3 is 14.8 Å². The minimum absolute atomic E-state index is 0.0194. The molecule has 29 heavy (non-hydrogen) atoms. The van der Waals surface area contributed by atoms with Gasteiger partial charge in [-0.3, -0.25) is 14.6 Å². The fourth-order valence-corrected chi connectivity index (χ4v) is 2.68. The number of hydrogen-bond acceptors (Lipinski definition) is 5. The van der Waals surface area contributed by atoms with E-state index in [9.17, 15) is 9.59 Å². The van der Waals surface area contributed by atoms with E-state index in [2.05, 4.69) is 10.3 Å². The first kappa shape index (κ1) is 19.8. The van der Waals surface area contributed by atoms with Crippen molar-refractivity contribution in [1.29, 1.82) is 0 Å². The van der Waals surface area contributed by atoms with E-state index < -0.39 is 11.7 Å². The minimum atomic E-state index is -0.532. The summed E-state index contributed by atoms with van der Waals surface area (Å²) in [6, 6.07) is 17.3. The Morgan fingerprint density at radius 1 is 0.931 bits per heavy atom. The summed E-state index contributed by atoms with van der Waals surface area (Å²) >= 11 is 0. The SMILES string of the molecule is COc1cccc(/C=C(/C(=O)Nc2cccc(OC)c2)C(=O)c2cccnc2)c1. The van der Waals surface area contributed by atoms with Gasteiger partial charge in [-0.05, 0) is 48.0 Å². The van der Waals surface area contributed by atoms with Crippen LogP contribution in [0.5, 0.6) is 11.5 Å². The number of hydrogen-bond donors (Lipinski definition) is 1. The third kappa shape index (κ3) is 5.07. The van der Waals surface area contributed by atoms with Crippen LogP contribution in [0.1, 0.15) is 15.9 Å². The number of ether oxygens (including phenoxy) is 2. The molecule has 6 heteroatoms. The number of carbonyl (C=O) groups excluding carboxylic acids is 2. The smallest absolute Gasteiger partial charge is 0.259 e. The molecule has 0 aliphatic rings. The van der Waals surface area contributed by atoms with Crippen molar-refractivity contribution in [2.45, 2.75) is 0 Å². The summed E-state index contributed by atoms with van der Waals surface area (Å²) in [7, 11) is 3.10. The molecule has 3 rings (SSSR count). The lowest BCUT2D eigenvalue weighted by Crippen LogP contribution is -2.21. The molecule has 0 saturated carbocycles. The number of carbonyl (C=O) groups is 2. The average molecular weight is 388 g/mol. The zero-order valence-corrected chi connectivity index (χ0v) is 16.1. The number of methoxy groups -OCH3 is 2. The van der Waals surface area contributed by atoms with Gasteiger partial charge in [0.15, 0.2) is 5.78 Å². The maximum Gasteiger partial charge on any atom is 0.259 e. The molecule has 1 N–H and O–H groups in total. The fraction of sp³-hybridized carbons (Fsp3) is 0.0870. The number of Topliss-reactive ketones (excluding diaryl/α,β-unsaturated/α-hetero) is 1. The van der Waals surface area contributed by atoms with Gasteiger partial charge in [0.1, 0.15) is 11.5 Å². The van der Waals surface area contributed by atoms with Gasteiger partial charge in [0.05, 0.1) is 19.8 Å². The van der Waals surface area contributed by atoms with Crippen molar-refractivity contribution >= 4 is 23.5 Å². The Labute approximate surface area is 168 Å². The molecular formula is C23H20N2O4. The molecule has 2 aromatic carbocycles. The summed E-state index contributed by atoms with van der Waals surface area (Å²) in [5.74, 6) is 0.260. The Morgan fingerprint density at radius 3 is 2.34 bits per heavy atom. The van der Waals surface area contributed by atoms with Crippen LogP contribution in [-0.4, -0.2) is 30.9 Å². The number of ketones is 1. The summed E-state index contributed by atoms with van der Waals surface area (Å²) in [6.45, 7) is 0. The van der Waals surface area contributed by atoms with E-state index in [1.807, 2.05) is 0 Å². The lowest BCUT2D eigenvalue weighted by atomic mass is 10.0. The Bertz CT molecular complexity index is 1050. The standard InChI is InChI=1S/C23H20N2O4/c1-28-19-9-3-6-16(12-19)13-21(22(26)17-7-5-11-24-15-17)23(27)25-18-8-4-10-20(14-18)29-2/h3-15H,1-2H3,(H,25,27)/b21-13+. The molecular weight excluding hydrogens is 368 g/mol. The van der Waals surface area contributed by atoms with Crippen molar-refractivity contribution < 1.29 is 19.1 Å². The molecule has 3 aromatic rings. The highest BCUT2D eigenvalue weighted by Gasteiger charge is 2.20. The highest BCUT2D eigenvalue weighted by atomic mass is 16.5. The van der Waals surface area contributed by atoms with E-state index >= 15 is 0 Å². The normalized spacial score (nSPS) is 10.9. The van der Waals surface area contributed by atoms with E-state index in [4.69, 9.17) is 9.47 Å². The minimum Gasteiger partial charge on any atom is -0.497 e. The Hall–Kier alpha value is -3.93. The lowest BCUT2D eigenvalue weighted by Gasteiger charge is -2.10. The molecule has 0 aliphatic heterocycles. The van der Waals surface area contributed by atoms with E-state index in [1.165, 1.54) is 12.3 Å². The quantitative estimate of drug-likeness (QED) is 0.286. The summed E-state index contributed by atoms with van der Waals surface area (Å²) < 4.78 is 10.4. The molecule has 0 aliphatic carbocycles. The molecule has 1 amide bonds. The predicted octanol–water partition coefficient (Wildman–Crippen LogP) is 4.00. The monoisotopic (exact) mass is 388 g/mol. The number of nitrogens with one attached hydrogen (secondary N) is 1. The Balaban J connectivity index is 1.98. The van der Waals surface area contributed by atoms with Crippen molar-refractivity contribution in [3.05, 3.63) is 89.8 Å². The molecule has 6 nitrogen and oxygen atoms in total. The van der Waals surface area contributed by atoms with Gasteiger partial charge in [-0.25, -0.2) is 0 Å². The summed E-state index contributed by atoms with van der Waals surface area (Å²) in [6.07, 6.45) is 4.53. The topological polar surface area (TPSA) is 77.5 Å². The van der Waals surface area contributed by atoms with Crippen LogP contribution in [0, 0.1) is 0 Å². The maximum absolute atomic E-state index is 13.0. The summed E-state index contributed by atoms with van der Waals surface area (Å²) in [5.41, 5.74) is 1.48. The van der Waals surface area contributed by atoms with Crippen LogP contribution in [0.3, 0.4) is 0 Å². The van der Waals surface area contributed by atoms with Crippen molar-refractivity contribution in [2.75, 3.05) is 19.5 Å². The van der Waals surface area contributed by atoms with Gasteiger partial charge in [0, 0.05) is 29.7 Å². The summed E-state index contributed by atoms with van der Waals surface area (Å²) in [5, 5.41) is 2.76. The summed E-state index contributed by atoms with van der Waals surface area (Å²) in [4.78, 5) is 30.0. The maximum atomic E-state index is 13.0. The van der Waals surface area contributed by atoms with Crippen molar-refractivity contribution in [1.82, 2.24) is 4.98 Å². The van der Waals surface area contributed by atoms with E-state index in [-0.39, 0.29) is 5.57 Å². The van der Waals surface area contributed by atoms with Crippen LogP contribution in [0.25, 0.3) is 6.08 Å². The molecule has 1 aromatic heterocycles. The van der Waals surface area contributed by atoms with Gasteiger partial charge in [0.2, 0.25) is 0 Å². The van der Waals surface area contributed by atoms with Crippen LogP contribution in [-0.2, 0) is 4.79 Å². The molecule has 0 fully saturated rings. The van der Waals surface area contributed by atoms with Crippen LogP contribution in [0.2, 0.25) is 0 Å². The number of anilines is 1. The van der Waals surface area contributed by atoms with Crippen LogP contribution in [0.15, 0.2) is 78.6 Å². The predicted molar refractivity (Wildman–Crippen MR) is 111 cm³/mol. The third-order valence-electron chi connectivity index (χ3n) is 4.15. The molecule has 0 bridgehead atoms. The Morgan fingerprint density at radius 2 is 1.66 bits per heavy atom. The molecule has 0 radical (unpaired) electrons. The van der Waals surface area contributed by atoms with Gasteiger partial charge in [-0.2, -0.15) is 0 Å². The fourth-order valence-electron chi connectivity index (χ4n) is 2.68. The van der Waals surface area contributed by atoms with Crippen LogP contribution in [0.4, 0.5) is 5.69 Å². The van der Waals surface area contributed by atoms with Gasteiger partial charge in [0.25, 0.3) is 5.91 Å². The molecule has 1 heterocycles. The second-order valence-electron chi connectivity index (χ2n) is 6.09. The molecule has 0 spiro atoms. The highest BCUT2D eigenvalue weighted by molar-refractivity contribution is 6.31. The number of aromatic nitrogens is 1. The average Bonchev–Trinajstić information content (AvgIpc) is 2.77. The molecule has 0 unspecified atom stereocenters. The van der Waals surface area contributed by atoms with Crippen molar-refractivity contribution in [3.8, 4) is 11.5 Å². The number of rotatable bonds is 7. The first-order valence-electron chi connectivity index (χ1n) is 8.86. The third-order valence-corrected chi connectivity index (χ3v) is 4.15. The zero-order chi connectivity index (χ0) is 20.6. The van der Waals surface area contributed by atoms with Crippen molar-refractivity contribution in [2.24, 2.45) is 0 Å². The van der Waals surface area contributed by atoms with Gasteiger partial charge >= 0.3 is 0 Å². The second kappa shape index (κ2) is 9.32. The molecule has 0 atom stereocenters. The largest absolute Gasteiger partial charge is 0.497 e. The van der Waals surface area contributed by atoms with E-state index in [1.54, 1.807) is 81.1 Å². The van der Waals surface area contributed by atoms with Gasteiger partial charge in [-0.1, -0.05) is 18.2 Å².